The molecule has 2 aromatic heterocycles. The fourth-order valence-electron chi connectivity index (χ4n) is 3.53. The summed E-state index contributed by atoms with van der Waals surface area (Å²) in [5, 5.41) is 9.84. The molecule has 1 N–H and O–H groups in total. The lowest BCUT2D eigenvalue weighted by atomic mass is 9.95. The number of aromatic nitrogens is 3. The van der Waals surface area contributed by atoms with Crippen LogP contribution < -0.4 is 4.74 Å². The van der Waals surface area contributed by atoms with Crippen molar-refractivity contribution >= 4 is 0 Å². The Balaban J connectivity index is 1.63. The minimum Gasteiger partial charge on any atom is -0.504 e. The van der Waals surface area contributed by atoms with Crippen LogP contribution in [0.15, 0.2) is 55.1 Å². The van der Waals surface area contributed by atoms with Crippen molar-refractivity contribution in [1.82, 2.24) is 14.5 Å². The van der Waals surface area contributed by atoms with E-state index in [1.165, 1.54) is 5.56 Å². The third kappa shape index (κ3) is 3.15. The van der Waals surface area contributed by atoms with E-state index in [1.807, 2.05) is 30.7 Å². The summed E-state index contributed by atoms with van der Waals surface area (Å²) < 4.78 is 13.2. The summed E-state index contributed by atoms with van der Waals surface area (Å²) in [4.78, 5) is 8.63. The molecule has 3 heterocycles. The molecular weight excluding hydrogens is 330 g/mol. The number of ether oxygens (including phenoxy) is 2. The molecule has 6 nitrogen and oxygen atoms in total. The third-order valence-electron chi connectivity index (χ3n) is 4.88. The van der Waals surface area contributed by atoms with E-state index >= 15 is 0 Å². The molecule has 1 fully saturated rings. The van der Waals surface area contributed by atoms with Crippen molar-refractivity contribution in [3.8, 4) is 22.9 Å². The number of methoxy groups -OCH3 is 1. The molecule has 0 amide bonds. The van der Waals surface area contributed by atoms with Crippen LogP contribution in [-0.2, 0) is 11.2 Å². The first kappa shape index (κ1) is 16.6. The molecule has 0 radical (unpaired) electrons. The Hall–Kier alpha value is -2.86. The number of hydrogen-bond acceptors (Lipinski definition) is 5. The minimum absolute atomic E-state index is 0.120. The lowest BCUT2D eigenvalue weighted by Gasteiger charge is -2.21. The highest BCUT2D eigenvalue weighted by atomic mass is 16.5. The van der Waals surface area contributed by atoms with Crippen molar-refractivity contribution < 1.29 is 14.6 Å². The summed E-state index contributed by atoms with van der Waals surface area (Å²) in [5.41, 5.74) is 2.16. The molecule has 0 saturated carbocycles. The maximum atomic E-state index is 9.84. The molecule has 6 heteroatoms. The zero-order chi connectivity index (χ0) is 17.9. The smallest absolute Gasteiger partial charge is 0.161 e. The van der Waals surface area contributed by atoms with Gasteiger partial charge in [0.1, 0.15) is 5.82 Å². The second-order valence-corrected chi connectivity index (χ2v) is 6.47. The van der Waals surface area contributed by atoms with Crippen LogP contribution in [0.25, 0.3) is 11.4 Å². The van der Waals surface area contributed by atoms with Gasteiger partial charge in [0.15, 0.2) is 11.5 Å². The van der Waals surface area contributed by atoms with Crippen molar-refractivity contribution in [3.05, 3.63) is 60.7 Å². The molecule has 134 valence electrons. The zero-order valence-electron chi connectivity index (χ0n) is 14.6. The van der Waals surface area contributed by atoms with Crippen LogP contribution in [0.2, 0.25) is 0 Å². The monoisotopic (exact) mass is 351 g/mol. The van der Waals surface area contributed by atoms with Gasteiger partial charge in [-0.2, -0.15) is 0 Å². The van der Waals surface area contributed by atoms with Gasteiger partial charge in [0, 0.05) is 36.3 Å². The van der Waals surface area contributed by atoms with Gasteiger partial charge >= 0.3 is 0 Å². The van der Waals surface area contributed by atoms with Gasteiger partial charge in [-0.15, -0.1) is 0 Å². The molecule has 0 aliphatic carbocycles. The lowest BCUT2D eigenvalue weighted by Crippen LogP contribution is -2.20. The lowest BCUT2D eigenvalue weighted by molar-refractivity contribution is 0.181. The minimum atomic E-state index is 0.120. The van der Waals surface area contributed by atoms with Gasteiger partial charge in [0.05, 0.1) is 26.4 Å². The Kier molecular flexibility index (Phi) is 4.58. The van der Waals surface area contributed by atoms with E-state index in [2.05, 4.69) is 26.7 Å². The summed E-state index contributed by atoms with van der Waals surface area (Å²) in [6.07, 6.45) is 8.38. The fourth-order valence-corrected chi connectivity index (χ4v) is 3.53. The average molecular weight is 351 g/mol. The van der Waals surface area contributed by atoms with Gasteiger partial charge in [-0.3, -0.25) is 4.98 Å². The largest absolute Gasteiger partial charge is 0.504 e. The number of pyridine rings is 1. The first-order chi connectivity index (χ1) is 12.8. The maximum absolute atomic E-state index is 9.84. The molecular formula is C20H21N3O3. The first-order valence-corrected chi connectivity index (χ1v) is 8.63. The van der Waals surface area contributed by atoms with E-state index in [0.29, 0.717) is 18.3 Å². The number of phenols is 1. The zero-order valence-corrected chi connectivity index (χ0v) is 14.6. The molecule has 0 bridgehead atoms. The van der Waals surface area contributed by atoms with Crippen molar-refractivity contribution in [3.63, 3.8) is 0 Å². The first-order valence-electron chi connectivity index (χ1n) is 8.63. The van der Waals surface area contributed by atoms with Crippen LogP contribution in [-0.4, -0.2) is 40.0 Å². The molecule has 1 saturated heterocycles. The number of rotatable bonds is 5. The number of nitrogens with zero attached hydrogens (tertiary/aromatic N) is 3. The van der Waals surface area contributed by atoms with Gasteiger partial charge in [-0.1, -0.05) is 0 Å². The predicted molar refractivity (Wildman–Crippen MR) is 97.2 cm³/mol. The van der Waals surface area contributed by atoms with Crippen LogP contribution in [0.1, 0.15) is 11.6 Å². The van der Waals surface area contributed by atoms with E-state index < -0.39 is 0 Å². The van der Waals surface area contributed by atoms with Crippen LogP contribution in [0.5, 0.6) is 11.5 Å². The number of benzene rings is 1. The quantitative estimate of drug-likeness (QED) is 0.765. The Morgan fingerprint density at radius 1 is 1.19 bits per heavy atom. The van der Waals surface area contributed by atoms with E-state index in [-0.39, 0.29) is 11.8 Å². The molecule has 3 aromatic rings. The van der Waals surface area contributed by atoms with Crippen molar-refractivity contribution in [2.45, 2.75) is 12.5 Å². The highest BCUT2D eigenvalue weighted by Gasteiger charge is 2.31. The molecule has 4 rings (SSSR count). The Labute approximate surface area is 152 Å². The number of phenolic OH excluding ortho intramolecular Hbond substituents is 1. The molecule has 1 aliphatic rings. The van der Waals surface area contributed by atoms with Gasteiger partial charge < -0.3 is 19.1 Å². The summed E-state index contributed by atoms with van der Waals surface area (Å²) in [6, 6.07) is 9.60. The summed E-state index contributed by atoms with van der Waals surface area (Å²) >= 11 is 0. The molecule has 0 unspecified atom stereocenters. The Morgan fingerprint density at radius 2 is 2.04 bits per heavy atom. The predicted octanol–water partition coefficient (Wildman–Crippen LogP) is 3.09. The average Bonchev–Trinajstić information content (AvgIpc) is 3.32. The molecule has 26 heavy (non-hydrogen) atoms. The van der Waals surface area contributed by atoms with Gasteiger partial charge in [0.25, 0.3) is 0 Å². The van der Waals surface area contributed by atoms with Crippen LogP contribution in [0.4, 0.5) is 0 Å². The summed E-state index contributed by atoms with van der Waals surface area (Å²) in [7, 11) is 1.54. The molecule has 2 atom stereocenters. The highest BCUT2D eigenvalue weighted by molar-refractivity contribution is 5.61. The summed E-state index contributed by atoms with van der Waals surface area (Å²) in [5.74, 6) is 1.77. The van der Waals surface area contributed by atoms with Crippen molar-refractivity contribution in [1.29, 1.82) is 0 Å². The number of imidazole rings is 1. The second kappa shape index (κ2) is 7.17. The fraction of sp³-hybridized carbons (Fsp3) is 0.300. The Morgan fingerprint density at radius 3 is 2.85 bits per heavy atom. The molecule has 1 aliphatic heterocycles. The highest BCUT2D eigenvalue weighted by Crippen LogP contribution is 2.35. The topological polar surface area (TPSA) is 69.4 Å². The normalized spacial score (nSPS) is 19.6. The van der Waals surface area contributed by atoms with E-state index in [9.17, 15) is 5.11 Å². The maximum Gasteiger partial charge on any atom is 0.161 e. The van der Waals surface area contributed by atoms with Crippen molar-refractivity contribution in [2.75, 3.05) is 20.3 Å². The third-order valence-corrected chi connectivity index (χ3v) is 4.88. The van der Waals surface area contributed by atoms with Gasteiger partial charge in [-0.25, -0.2) is 4.98 Å². The summed E-state index contributed by atoms with van der Waals surface area (Å²) in [6.45, 7) is 1.39. The number of hydrogen-bond donors (Lipinski definition) is 1. The Bertz CT molecular complexity index is 879. The van der Waals surface area contributed by atoms with Crippen LogP contribution >= 0.6 is 0 Å². The van der Waals surface area contributed by atoms with Crippen LogP contribution in [0.3, 0.4) is 0 Å². The van der Waals surface area contributed by atoms with E-state index in [4.69, 9.17) is 9.47 Å². The van der Waals surface area contributed by atoms with Gasteiger partial charge in [-0.05, 0) is 42.3 Å². The molecule has 1 aromatic carbocycles. The van der Waals surface area contributed by atoms with Gasteiger partial charge in [0.2, 0.25) is 0 Å². The van der Waals surface area contributed by atoms with E-state index in [0.717, 1.165) is 24.4 Å². The second-order valence-electron chi connectivity index (χ2n) is 6.47. The SMILES string of the molecule is COc1cc(-c2nccn2[C@@H]2COC[C@@H]2Cc2ccncc2)ccc1O. The van der Waals surface area contributed by atoms with Crippen LogP contribution in [0, 0.1) is 5.92 Å². The number of aromatic hydroxyl groups is 1. The van der Waals surface area contributed by atoms with Crippen molar-refractivity contribution in [2.24, 2.45) is 5.92 Å². The van der Waals surface area contributed by atoms with E-state index in [1.54, 1.807) is 19.4 Å². The molecule has 0 spiro atoms. The standard InChI is InChI=1S/C20H21N3O3/c1-25-19-11-15(2-3-18(19)24)20-22-8-9-23(20)17-13-26-12-16(17)10-14-4-6-21-7-5-14/h2-9,11,16-17,24H,10,12-13H2,1H3/t16-,17+/m0/s1.